The third-order valence-corrected chi connectivity index (χ3v) is 1.82. The number of likely N-dealkylation sites (N-methyl/N-ethyl adjacent to an activating group) is 1. The molecule has 0 aliphatic rings. The van der Waals surface area contributed by atoms with E-state index in [0.29, 0.717) is 13.1 Å². The first-order valence-corrected chi connectivity index (χ1v) is 5.32. The second-order valence-corrected chi connectivity index (χ2v) is 4.77. The van der Waals surface area contributed by atoms with Crippen molar-refractivity contribution in [1.29, 1.82) is 0 Å². The van der Waals surface area contributed by atoms with Crippen LogP contribution < -0.4 is 0 Å². The second-order valence-electron chi connectivity index (χ2n) is 4.77. The Balaban J connectivity index is 4.11. The Bertz CT molecular complexity index is 228. The molecule has 0 spiro atoms. The molecule has 0 radical (unpaired) electrons. The summed E-state index contributed by atoms with van der Waals surface area (Å²) >= 11 is 0. The Morgan fingerprint density at radius 3 is 2.27 bits per heavy atom. The van der Waals surface area contributed by atoms with Crippen LogP contribution in [-0.4, -0.2) is 36.1 Å². The van der Waals surface area contributed by atoms with Gasteiger partial charge in [-0.1, -0.05) is 12.2 Å². The van der Waals surface area contributed by atoms with E-state index in [1.165, 1.54) is 0 Å². The van der Waals surface area contributed by atoms with Crippen molar-refractivity contribution < 1.29 is 9.53 Å². The number of rotatable bonds is 5. The predicted molar refractivity (Wildman–Crippen MR) is 62.8 cm³/mol. The first-order valence-electron chi connectivity index (χ1n) is 5.32. The molecule has 1 amide bonds. The van der Waals surface area contributed by atoms with Crippen LogP contribution in [0.15, 0.2) is 12.2 Å². The summed E-state index contributed by atoms with van der Waals surface area (Å²) < 4.78 is 5.43. The summed E-state index contributed by atoms with van der Waals surface area (Å²) in [6.45, 7) is 14.9. The van der Waals surface area contributed by atoms with Crippen molar-refractivity contribution in [3.63, 3.8) is 0 Å². The molecule has 0 saturated heterocycles. The molecule has 0 saturated carbocycles. The van der Waals surface area contributed by atoms with Crippen LogP contribution in [0.5, 0.6) is 0 Å². The largest absolute Gasteiger partial charge is 0.366 e. The fourth-order valence-electron chi connectivity index (χ4n) is 1.07. The quantitative estimate of drug-likeness (QED) is 0.655. The third-order valence-electron chi connectivity index (χ3n) is 1.82. The molecule has 15 heavy (non-hydrogen) atoms. The van der Waals surface area contributed by atoms with Crippen molar-refractivity contribution >= 4 is 5.91 Å². The van der Waals surface area contributed by atoms with E-state index < -0.39 is 0 Å². The summed E-state index contributed by atoms with van der Waals surface area (Å²) in [4.78, 5) is 13.5. The Morgan fingerprint density at radius 2 is 1.93 bits per heavy atom. The van der Waals surface area contributed by atoms with Gasteiger partial charge in [-0.2, -0.15) is 0 Å². The maximum Gasteiger partial charge on any atom is 0.248 e. The molecule has 0 rings (SSSR count). The molecule has 0 unspecified atom stereocenters. The van der Waals surface area contributed by atoms with E-state index in [2.05, 4.69) is 6.58 Å². The molecule has 0 N–H and O–H groups in total. The van der Waals surface area contributed by atoms with Gasteiger partial charge in [0, 0.05) is 13.1 Å². The zero-order chi connectivity index (χ0) is 12.1. The van der Waals surface area contributed by atoms with Crippen molar-refractivity contribution in [2.45, 2.75) is 40.2 Å². The van der Waals surface area contributed by atoms with Crippen LogP contribution in [0.25, 0.3) is 0 Å². The van der Waals surface area contributed by atoms with Crippen molar-refractivity contribution in [3.05, 3.63) is 12.2 Å². The maximum atomic E-state index is 11.7. The SMILES string of the molecule is C=C(C)CN(CC)C(=O)COC(C)(C)C. The van der Waals surface area contributed by atoms with Crippen LogP contribution in [0.3, 0.4) is 0 Å². The topological polar surface area (TPSA) is 29.5 Å². The van der Waals surface area contributed by atoms with Gasteiger partial charge in [0.1, 0.15) is 6.61 Å². The van der Waals surface area contributed by atoms with Gasteiger partial charge in [0.15, 0.2) is 0 Å². The van der Waals surface area contributed by atoms with Crippen LogP contribution in [0.2, 0.25) is 0 Å². The van der Waals surface area contributed by atoms with Crippen molar-refractivity contribution in [3.8, 4) is 0 Å². The van der Waals surface area contributed by atoms with Gasteiger partial charge in [0.25, 0.3) is 0 Å². The van der Waals surface area contributed by atoms with Crippen LogP contribution in [0.1, 0.15) is 34.6 Å². The normalized spacial score (nSPS) is 11.3. The number of hydrogen-bond donors (Lipinski definition) is 0. The van der Waals surface area contributed by atoms with Crippen LogP contribution >= 0.6 is 0 Å². The summed E-state index contributed by atoms with van der Waals surface area (Å²) in [7, 11) is 0. The second kappa shape index (κ2) is 5.91. The van der Waals surface area contributed by atoms with Gasteiger partial charge >= 0.3 is 0 Å². The molecule has 88 valence electrons. The molecule has 0 aromatic carbocycles. The third kappa shape index (κ3) is 7.14. The van der Waals surface area contributed by atoms with Gasteiger partial charge in [-0.15, -0.1) is 0 Å². The van der Waals surface area contributed by atoms with Crippen LogP contribution in [0, 0.1) is 0 Å². The Morgan fingerprint density at radius 1 is 1.40 bits per heavy atom. The summed E-state index contributed by atoms with van der Waals surface area (Å²) in [5, 5.41) is 0. The van der Waals surface area contributed by atoms with E-state index in [0.717, 1.165) is 5.57 Å². The molecule has 0 aliphatic heterocycles. The van der Waals surface area contributed by atoms with E-state index in [9.17, 15) is 4.79 Å². The van der Waals surface area contributed by atoms with Crippen molar-refractivity contribution in [2.24, 2.45) is 0 Å². The zero-order valence-corrected chi connectivity index (χ0v) is 10.6. The van der Waals surface area contributed by atoms with E-state index >= 15 is 0 Å². The number of hydrogen-bond acceptors (Lipinski definition) is 2. The zero-order valence-electron chi connectivity index (χ0n) is 10.6. The fraction of sp³-hybridized carbons (Fsp3) is 0.750. The van der Waals surface area contributed by atoms with Crippen molar-refractivity contribution in [2.75, 3.05) is 19.7 Å². The number of ether oxygens (including phenoxy) is 1. The van der Waals surface area contributed by atoms with Gasteiger partial charge < -0.3 is 9.64 Å². The highest BCUT2D eigenvalue weighted by atomic mass is 16.5. The highest BCUT2D eigenvalue weighted by Crippen LogP contribution is 2.07. The Hall–Kier alpha value is -0.830. The lowest BCUT2D eigenvalue weighted by Gasteiger charge is -2.24. The van der Waals surface area contributed by atoms with Gasteiger partial charge in [0.05, 0.1) is 5.60 Å². The first-order chi connectivity index (χ1) is 6.76. The van der Waals surface area contributed by atoms with Crippen LogP contribution in [0.4, 0.5) is 0 Å². The number of carbonyl (C=O) groups is 1. The molecule has 0 fully saturated rings. The average molecular weight is 213 g/mol. The lowest BCUT2D eigenvalue weighted by Crippen LogP contribution is -2.37. The first kappa shape index (κ1) is 14.2. The molecular weight excluding hydrogens is 190 g/mol. The Kier molecular flexibility index (Phi) is 5.58. The van der Waals surface area contributed by atoms with Gasteiger partial charge in [0.2, 0.25) is 5.91 Å². The van der Waals surface area contributed by atoms with E-state index in [-0.39, 0.29) is 18.1 Å². The number of nitrogens with zero attached hydrogens (tertiary/aromatic N) is 1. The standard InChI is InChI=1S/C12H23NO2/c1-7-13(8-10(2)3)11(14)9-15-12(4,5)6/h2,7-9H2,1,3-6H3. The van der Waals surface area contributed by atoms with E-state index in [1.54, 1.807) is 4.90 Å². The molecule has 0 heterocycles. The number of amides is 1. The van der Waals surface area contributed by atoms with Crippen molar-refractivity contribution in [1.82, 2.24) is 4.90 Å². The minimum Gasteiger partial charge on any atom is -0.366 e. The highest BCUT2D eigenvalue weighted by molar-refractivity contribution is 5.77. The van der Waals surface area contributed by atoms with E-state index in [1.807, 2.05) is 34.6 Å². The van der Waals surface area contributed by atoms with E-state index in [4.69, 9.17) is 4.74 Å². The molecule has 0 aromatic rings. The lowest BCUT2D eigenvalue weighted by molar-refractivity contribution is -0.140. The highest BCUT2D eigenvalue weighted by Gasteiger charge is 2.16. The van der Waals surface area contributed by atoms with Gasteiger partial charge in [-0.3, -0.25) is 4.79 Å². The summed E-state index contributed by atoms with van der Waals surface area (Å²) in [5.74, 6) is 0.0235. The predicted octanol–water partition coefficient (Wildman–Crippen LogP) is 2.23. The monoisotopic (exact) mass is 213 g/mol. The molecule has 0 aromatic heterocycles. The minimum atomic E-state index is -0.266. The molecule has 0 aliphatic carbocycles. The molecular formula is C12H23NO2. The lowest BCUT2D eigenvalue weighted by atomic mass is 10.2. The number of carbonyl (C=O) groups excluding carboxylic acids is 1. The van der Waals surface area contributed by atoms with Crippen LogP contribution in [-0.2, 0) is 9.53 Å². The summed E-state index contributed by atoms with van der Waals surface area (Å²) in [6, 6.07) is 0. The Labute approximate surface area is 93.1 Å². The summed E-state index contributed by atoms with van der Waals surface area (Å²) in [5.41, 5.74) is 0.721. The molecule has 3 heteroatoms. The average Bonchev–Trinajstić information content (AvgIpc) is 2.08. The maximum absolute atomic E-state index is 11.7. The fourth-order valence-corrected chi connectivity index (χ4v) is 1.07. The van der Waals surface area contributed by atoms with Gasteiger partial charge in [-0.25, -0.2) is 0 Å². The molecule has 0 atom stereocenters. The van der Waals surface area contributed by atoms with Gasteiger partial charge in [-0.05, 0) is 34.6 Å². The smallest absolute Gasteiger partial charge is 0.248 e. The molecule has 3 nitrogen and oxygen atoms in total. The summed E-state index contributed by atoms with van der Waals surface area (Å²) in [6.07, 6.45) is 0. The minimum absolute atomic E-state index is 0.0235. The molecule has 0 bridgehead atoms.